The van der Waals surface area contributed by atoms with Gasteiger partial charge in [0.05, 0.1) is 23.7 Å². The number of carbonyl (C=O) groups excluding carboxylic acids is 1. The highest BCUT2D eigenvalue weighted by Gasteiger charge is 2.38. The smallest absolute Gasteiger partial charge is 0.249 e. The lowest BCUT2D eigenvalue weighted by Crippen LogP contribution is -2.54. The summed E-state index contributed by atoms with van der Waals surface area (Å²) in [5, 5.41) is 6.78. The minimum atomic E-state index is -0.710. The molecule has 0 saturated heterocycles. The van der Waals surface area contributed by atoms with Crippen LogP contribution in [0.15, 0.2) is 30.6 Å². The fourth-order valence-electron chi connectivity index (χ4n) is 3.86. The Morgan fingerprint density at radius 1 is 1.20 bits per heavy atom. The molecule has 0 fully saturated rings. The Morgan fingerprint density at radius 2 is 1.97 bits per heavy atom. The first-order valence-electron chi connectivity index (χ1n) is 9.75. The van der Waals surface area contributed by atoms with Crippen LogP contribution in [-0.2, 0) is 4.79 Å². The highest BCUT2D eigenvalue weighted by molar-refractivity contribution is 6.04. The Kier molecular flexibility index (Phi) is 4.97. The fourth-order valence-corrected chi connectivity index (χ4v) is 3.86. The average molecular weight is 412 g/mol. The Hall–Kier alpha value is -3.36. The van der Waals surface area contributed by atoms with Gasteiger partial charge in [-0.15, -0.1) is 0 Å². The lowest BCUT2D eigenvalue weighted by Gasteiger charge is -2.42. The number of aromatic amines is 1. The van der Waals surface area contributed by atoms with Crippen molar-refractivity contribution in [3.63, 3.8) is 0 Å². The predicted octanol–water partition coefficient (Wildman–Crippen LogP) is 3.78. The molecule has 1 N–H and O–H groups in total. The van der Waals surface area contributed by atoms with Gasteiger partial charge in [-0.25, -0.2) is 18.7 Å². The van der Waals surface area contributed by atoms with Gasteiger partial charge in [0, 0.05) is 24.7 Å². The highest BCUT2D eigenvalue weighted by Crippen LogP contribution is 2.38. The van der Waals surface area contributed by atoms with Crippen LogP contribution in [0, 0.1) is 11.6 Å². The molecule has 0 bridgehead atoms. The molecule has 1 aliphatic heterocycles. The third-order valence-electron chi connectivity index (χ3n) is 5.33. The molecule has 1 aromatic carbocycles. The second kappa shape index (κ2) is 7.47. The normalized spacial score (nSPS) is 16.4. The second-order valence-corrected chi connectivity index (χ2v) is 7.51. The Labute approximate surface area is 172 Å². The van der Waals surface area contributed by atoms with E-state index in [1.807, 2.05) is 25.7 Å². The van der Waals surface area contributed by atoms with Gasteiger partial charge in [0.25, 0.3) is 0 Å². The molecule has 0 spiro atoms. The molecule has 1 unspecified atom stereocenters. The largest absolute Gasteiger partial charge is 0.340 e. The van der Waals surface area contributed by atoms with Gasteiger partial charge >= 0.3 is 0 Å². The van der Waals surface area contributed by atoms with Crippen LogP contribution < -0.4 is 9.80 Å². The maximum absolute atomic E-state index is 14.4. The van der Waals surface area contributed by atoms with Crippen molar-refractivity contribution >= 4 is 17.4 Å². The number of amides is 1. The van der Waals surface area contributed by atoms with Gasteiger partial charge < -0.3 is 9.80 Å². The third-order valence-corrected chi connectivity index (χ3v) is 5.33. The van der Waals surface area contributed by atoms with Crippen LogP contribution in [-0.4, -0.2) is 45.2 Å². The highest BCUT2D eigenvalue weighted by atomic mass is 19.1. The number of hydrogen-bond acceptors (Lipinski definition) is 5. The predicted molar refractivity (Wildman–Crippen MR) is 110 cm³/mol. The van der Waals surface area contributed by atoms with Gasteiger partial charge in [0.2, 0.25) is 5.91 Å². The summed E-state index contributed by atoms with van der Waals surface area (Å²) in [6.45, 7) is 5.97. The summed E-state index contributed by atoms with van der Waals surface area (Å²) >= 11 is 0. The summed E-state index contributed by atoms with van der Waals surface area (Å²) in [7, 11) is 1.71. The van der Waals surface area contributed by atoms with E-state index in [1.54, 1.807) is 18.1 Å². The number of rotatable bonds is 4. The molecule has 1 amide bonds. The quantitative estimate of drug-likeness (QED) is 0.706. The number of anilines is 2. The van der Waals surface area contributed by atoms with E-state index in [4.69, 9.17) is 4.98 Å². The zero-order valence-corrected chi connectivity index (χ0v) is 17.1. The van der Waals surface area contributed by atoms with Gasteiger partial charge in [0.15, 0.2) is 11.6 Å². The molecule has 0 radical (unpaired) electrons. The molecule has 30 heavy (non-hydrogen) atoms. The fraction of sp³-hybridized carbons (Fsp3) is 0.333. The molecule has 3 aromatic rings. The first kappa shape index (κ1) is 19.9. The number of H-pyrrole nitrogens is 1. The van der Waals surface area contributed by atoms with Crippen LogP contribution in [0.4, 0.5) is 20.3 Å². The van der Waals surface area contributed by atoms with E-state index in [1.165, 1.54) is 18.3 Å². The summed E-state index contributed by atoms with van der Waals surface area (Å²) in [6, 6.07) is 3.06. The standard InChI is InChI=1S/C21H22F2N6O/c1-5-16-21(30)28(4)17-10-24-19(26-20(17)29(16)11(2)3)14-9-25-27-18(14)13-7-6-12(22)8-15(13)23/h6-11,16H,5H2,1-4H3,(H,25,27). The van der Waals surface area contributed by atoms with Gasteiger partial charge in [-0.2, -0.15) is 5.10 Å². The molecule has 1 atom stereocenters. The molecule has 156 valence electrons. The van der Waals surface area contributed by atoms with Crippen molar-refractivity contribution < 1.29 is 13.6 Å². The molecule has 2 aromatic heterocycles. The van der Waals surface area contributed by atoms with E-state index in [9.17, 15) is 13.6 Å². The van der Waals surface area contributed by atoms with Crippen LogP contribution in [0.3, 0.4) is 0 Å². The van der Waals surface area contributed by atoms with Crippen molar-refractivity contribution in [2.45, 2.75) is 39.3 Å². The summed E-state index contributed by atoms with van der Waals surface area (Å²) in [5.41, 5.74) is 1.63. The van der Waals surface area contributed by atoms with Crippen LogP contribution in [0.2, 0.25) is 0 Å². The second-order valence-electron chi connectivity index (χ2n) is 7.51. The topological polar surface area (TPSA) is 78.0 Å². The van der Waals surface area contributed by atoms with E-state index in [0.29, 0.717) is 35.0 Å². The first-order chi connectivity index (χ1) is 14.3. The lowest BCUT2D eigenvalue weighted by atomic mass is 10.0. The summed E-state index contributed by atoms with van der Waals surface area (Å²) in [4.78, 5) is 25.5. The minimum absolute atomic E-state index is 0.00701. The van der Waals surface area contributed by atoms with E-state index in [2.05, 4.69) is 15.2 Å². The summed E-state index contributed by atoms with van der Waals surface area (Å²) < 4.78 is 27.7. The lowest BCUT2D eigenvalue weighted by molar-refractivity contribution is -0.120. The van der Waals surface area contributed by atoms with Gasteiger partial charge in [-0.3, -0.25) is 9.89 Å². The Morgan fingerprint density at radius 3 is 2.63 bits per heavy atom. The van der Waals surface area contributed by atoms with Crippen molar-refractivity contribution in [2.75, 3.05) is 16.8 Å². The number of nitrogens with one attached hydrogen (secondary N) is 1. The molecule has 1 aliphatic rings. The van der Waals surface area contributed by atoms with Crippen molar-refractivity contribution in [1.82, 2.24) is 20.2 Å². The van der Waals surface area contributed by atoms with Crippen LogP contribution >= 0.6 is 0 Å². The van der Waals surface area contributed by atoms with E-state index in [0.717, 1.165) is 6.07 Å². The van der Waals surface area contributed by atoms with Crippen molar-refractivity contribution in [1.29, 1.82) is 0 Å². The number of carbonyl (C=O) groups is 1. The molecule has 3 heterocycles. The van der Waals surface area contributed by atoms with Gasteiger partial charge in [-0.1, -0.05) is 6.92 Å². The van der Waals surface area contributed by atoms with E-state index < -0.39 is 11.6 Å². The zero-order valence-electron chi connectivity index (χ0n) is 17.1. The molecule has 4 rings (SSSR count). The van der Waals surface area contributed by atoms with Crippen molar-refractivity contribution in [3.05, 3.63) is 42.2 Å². The number of hydrogen-bond donors (Lipinski definition) is 1. The number of fused-ring (bicyclic) bond motifs is 1. The maximum Gasteiger partial charge on any atom is 0.249 e. The van der Waals surface area contributed by atoms with Crippen LogP contribution in [0.5, 0.6) is 0 Å². The number of halogens is 2. The molecule has 9 heteroatoms. The summed E-state index contributed by atoms with van der Waals surface area (Å²) in [6.07, 6.45) is 3.74. The van der Waals surface area contributed by atoms with Gasteiger partial charge in [-0.05, 0) is 32.4 Å². The number of nitrogens with zero attached hydrogens (tertiary/aromatic N) is 5. The molecule has 0 aliphatic carbocycles. The van der Waals surface area contributed by atoms with Crippen LogP contribution in [0.1, 0.15) is 27.2 Å². The monoisotopic (exact) mass is 412 g/mol. The zero-order chi connectivity index (χ0) is 21.6. The van der Waals surface area contributed by atoms with Gasteiger partial charge in [0.1, 0.15) is 23.4 Å². The molecular formula is C21H22F2N6O. The third kappa shape index (κ3) is 3.10. The molecule has 0 saturated carbocycles. The van der Waals surface area contributed by atoms with Crippen LogP contribution in [0.25, 0.3) is 22.6 Å². The summed E-state index contributed by atoms with van der Waals surface area (Å²) in [5.74, 6) is -0.403. The van der Waals surface area contributed by atoms with E-state index in [-0.39, 0.29) is 23.6 Å². The van der Waals surface area contributed by atoms with Crippen molar-refractivity contribution in [2.24, 2.45) is 0 Å². The average Bonchev–Trinajstić information content (AvgIpc) is 3.19. The first-order valence-corrected chi connectivity index (χ1v) is 9.75. The minimum Gasteiger partial charge on any atom is -0.340 e. The SMILES string of the molecule is CCC1C(=O)N(C)c2cnc(-c3cn[nH]c3-c3ccc(F)cc3F)nc2N1C(C)C. The number of likely N-dealkylation sites (N-methyl/N-ethyl adjacent to an activating group) is 1. The molecular weight excluding hydrogens is 390 g/mol. The van der Waals surface area contributed by atoms with Crippen molar-refractivity contribution in [3.8, 4) is 22.6 Å². The van der Waals surface area contributed by atoms with E-state index >= 15 is 0 Å². The number of aromatic nitrogens is 4. The Balaban J connectivity index is 1.86. The maximum atomic E-state index is 14.4. The number of benzene rings is 1. The molecule has 7 nitrogen and oxygen atoms in total. The Bertz CT molecular complexity index is 1110.